The van der Waals surface area contributed by atoms with Gasteiger partial charge in [0, 0.05) is 0 Å². The van der Waals surface area contributed by atoms with Gasteiger partial charge in [-0.1, -0.05) is 17.7 Å². The van der Waals surface area contributed by atoms with Gasteiger partial charge in [-0.25, -0.2) is 13.2 Å². The van der Waals surface area contributed by atoms with Crippen molar-refractivity contribution in [3.63, 3.8) is 0 Å². The van der Waals surface area contributed by atoms with E-state index in [-0.39, 0.29) is 34.3 Å². The first-order chi connectivity index (χ1) is 11.8. The molecule has 0 saturated carbocycles. The Labute approximate surface area is 145 Å². The van der Waals surface area contributed by atoms with Gasteiger partial charge in [0.25, 0.3) is 0 Å². The normalized spacial score (nSPS) is 11.1. The smallest absolute Gasteiger partial charge is 0.339 e. The van der Waals surface area contributed by atoms with Crippen molar-refractivity contribution in [3.8, 4) is 17.2 Å². The molecule has 134 valence electrons. The monoisotopic (exact) mass is 366 g/mol. The summed E-state index contributed by atoms with van der Waals surface area (Å²) in [6, 6.07) is 8.93. The lowest BCUT2D eigenvalue weighted by Crippen LogP contribution is -2.14. The second-order valence-corrected chi connectivity index (χ2v) is 7.39. The number of hydrogen-bond donors (Lipinski definition) is 2. The third-order valence-corrected chi connectivity index (χ3v) is 5.21. The second-order valence-electron chi connectivity index (χ2n) is 5.28. The van der Waals surface area contributed by atoms with Gasteiger partial charge in [0.2, 0.25) is 5.75 Å². The molecule has 0 unspecified atom stereocenters. The number of ether oxygens (including phenoxy) is 2. The minimum Gasteiger partial charge on any atom is -0.504 e. The number of hydrogen-bond acceptors (Lipinski definition) is 6. The quantitative estimate of drug-likeness (QED) is 0.773. The highest BCUT2D eigenvalue weighted by atomic mass is 32.2. The number of carbonyl (C=O) groups is 1. The number of aryl methyl sites for hydroxylation is 1. The summed E-state index contributed by atoms with van der Waals surface area (Å²) in [6.07, 6.45) is 0. The number of methoxy groups -OCH3 is 1. The number of carboxylic acid groups (broad SMARTS) is 1. The summed E-state index contributed by atoms with van der Waals surface area (Å²) in [5, 5.41) is 18.9. The molecule has 0 fully saturated rings. The molecular weight excluding hydrogens is 348 g/mol. The van der Waals surface area contributed by atoms with E-state index in [1.165, 1.54) is 25.3 Å². The summed E-state index contributed by atoms with van der Waals surface area (Å²) in [5.41, 5.74) is 0.616. The molecule has 0 heterocycles. The van der Waals surface area contributed by atoms with E-state index in [0.29, 0.717) is 0 Å². The Morgan fingerprint density at radius 3 is 2.32 bits per heavy atom. The van der Waals surface area contributed by atoms with Crippen molar-refractivity contribution < 1.29 is 32.9 Å². The van der Waals surface area contributed by atoms with Crippen molar-refractivity contribution in [2.45, 2.75) is 11.8 Å². The molecule has 0 saturated heterocycles. The van der Waals surface area contributed by atoms with Gasteiger partial charge in [-0.15, -0.1) is 0 Å². The lowest BCUT2D eigenvalue weighted by molar-refractivity contribution is 0.0693. The Morgan fingerprint density at radius 1 is 1.12 bits per heavy atom. The molecule has 0 amide bonds. The Kier molecular flexibility index (Phi) is 5.53. The molecule has 8 heteroatoms. The van der Waals surface area contributed by atoms with E-state index in [9.17, 15) is 18.3 Å². The molecule has 7 nitrogen and oxygen atoms in total. The predicted molar refractivity (Wildman–Crippen MR) is 90.3 cm³/mol. The Hall–Kier alpha value is -2.74. The van der Waals surface area contributed by atoms with Crippen LogP contribution in [0.4, 0.5) is 0 Å². The summed E-state index contributed by atoms with van der Waals surface area (Å²) in [5.74, 6) is -2.27. The standard InChI is InChI=1S/C17H18O7S/c1-11-3-5-12(6-4-11)25(21,22)10-9-24-14-8-7-13(17(19)20)15(18)16(14)23-2/h3-8,18H,9-10H2,1-2H3,(H,19,20). The van der Waals surface area contributed by atoms with Crippen molar-refractivity contribution in [2.24, 2.45) is 0 Å². The zero-order valence-corrected chi connectivity index (χ0v) is 14.5. The average molecular weight is 366 g/mol. The number of rotatable bonds is 7. The van der Waals surface area contributed by atoms with Crippen LogP contribution in [0, 0.1) is 6.92 Å². The largest absolute Gasteiger partial charge is 0.504 e. The van der Waals surface area contributed by atoms with Gasteiger partial charge in [0.1, 0.15) is 12.2 Å². The zero-order chi connectivity index (χ0) is 18.6. The van der Waals surface area contributed by atoms with Crippen molar-refractivity contribution >= 4 is 15.8 Å². The minimum absolute atomic E-state index is 0.0594. The Balaban J connectivity index is 2.12. The molecule has 0 aliphatic carbocycles. The fourth-order valence-corrected chi connectivity index (χ4v) is 3.25. The van der Waals surface area contributed by atoms with Crippen molar-refractivity contribution in [3.05, 3.63) is 47.5 Å². The summed E-state index contributed by atoms with van der Waals surface area (Å²) in [7, 11) is -2.27. The van der Waals surface area contributed by atoms with E-state index in [4.69, 9.17) is 14.6 Å². The molecule has 0 aliphatic rings. The lowest BCUT2D eigenvalue weighted by Gasteiger charge is -2.13. The van der Waals surface area contributed by atoms with Gasteiger partial charge in [0.15, 0.2) is 21.3 Å². The van der Waals surface area contributed by atoms with Gasteiger partial charge in [-0.2, -0.15) is 0 Å². The molecule has 0 aromatic heterocycles. The molecule has 0 atom stereocenters. The van der Waals surface area contributed by atoms with Gasteiger partial charge in [-0.3, -0.25) is 0 Å². The van der Waals surface area contributed by atoms with Crippen LogP contribution < -0.4 is 9.47 Å². The van der Waals surface area contributed by atoms with Crippen LogP contribution in [-0.2, 0) is 9.84 Å². The summed E-state index contributed by atoms with van der Waals surface area (Å²) in [6.45, 7) is 1.68. The van der Waals surface area contributed by atoms with Crippen molar-refractivity contribution in [1.82, 2.24) is 0 Å². The van der Waals surface area contributed by atoms with Crippen LogP contribution in [-0.4, -0.2) is 44.1 Å². The van der Waals surface area contributed by atoms with Crippen LogP contribution in [0.2, 0.25) is 0 Å². The lowest BCUT2D eigenvalue weighted by atomic mass is 10.1. The van der Waals surface area contributed by atoms with Gasteiger partial charge < -0.3 is 19.7 Å². The average Bonchev–Trinajstić information content (AvgIpc) is 2.55. The topological polar surface area (TPSA) is 110 Å². The minimum atomic E-state index is -3.52. The molecule has 0 bridgehead atoms. The molecule has 2 rings (SSSR count). The van der Waals surface area contributed by atoms with E-state index in [2.05, 4.69) is 0 Å². The van der Waals surface area contributed by atoms with Crippen LogP contribution >= 0.6 is 0 Å². The fourth-order valence-electron chi connectivity index (χ4n) is 2.16. The van der Waals surface area contributed by atoms with E-state index in [0.717, 1.165) is 11.6 Å². The first-order valence-electron chi connectivity index (χ1n) is 7.31. The third kappa shape index (κ3) is 4.21. The van der Waals surface area contributed by atoms with Crippen molar-refractivity contribution in [1.29, 1.82) is 0 Å². The molecule has 0 aliphatic heterocycles. The maximum absolute atomic E-state index is 12.3. The number of benzene rings is 2. The molecule has 2 aromatic carbocycles. The predicted octanol–water partition coefficient (Wildman–Crippen LogP) is 2.26. The fraction of sp³-hybridized carbons (Fsp3) is 0.235. The maximum atomic E-state index is 12.3. The van der Waals surface area contributed by atoms with Crippen molar-refractivity contribution in [2.75, 3.05) is 19.5 Å². The Morgan fingerprint density at radius 2 is 1.76 bits per heavy atom. The van der Waals surface area contributed by atoms with Crippen LogP contribution in [0.5, 0.6) is 17.2 Å². The first-order valence-corrected chi connectivity index (χ1v) is 8.97. The first kappa shape index (κ1) is 18.6. The highest BCUT2D eigenvalue weighted by Crippen LogP contribution is 2.39. The van der Waals surface area contributed by atoms with Crippen LogP contribution in [0.25, 0.3) is 0 Å². The second kappa shape index (κ2) is 7.43. The van der Waals surface area contributed by atoms with Crippen LogP contribution in [0.3, 0.4) is 0 Å². The molecule has 2 aromatic rings. The molecule has 0 spiro atoms. The molecule has 0 radical (unpaired) electrons. The van der Waals surface area contributed by atoms with Gasteiger partial charge in [-0.05, 0) is 31.2 Å². The maximum Gasteiger partial charge on any atom is 0.339 e. The SMILES string of the molecule is COc1c(OCCS(=O)(=O)c2ccc(C)cc2)ccc(C(=O)O)c1O. The van der Waals surface area contributed by atoms with E-state index < -0.39 is 21.6 Å². The van der Waals surface area contributed by atoms with Crippen LogP contribution in [0.1, 0.15) is 15.9 Å². The number of aromatic hydroxyl groups is 1. The summed E-state index contributed by atoms with van der Waals surface area (Å²) >= 11 is 0. The van der Waals surface area contributed by atoms with Gasteiger partial charge in [0.05, 0.1) is 17.8 Å². The van der Waals surface area contributed by atoms with E-state index >= 15 is 0 Å². The van der Waals surface area contributed by atoms with E-state index in [1.807, 2.05) is 6.92 Å². The summed E-state index contributed by atoms with van der Waals surface area (Å²) in [4.78, 5) is 11.2. The number of carboxylic acids is 1. The van der Waals surface area contributed by atoms with Crippen LogP contribution in [0.15, 0.2) is 41.3 Å². The molecule has 25 heavy (non-hydrogen) atoms. The number of aromatic carboxylic acids is 1. The van der Waals surface area contributed by atoms with E-state index in [1.54, 1.807) is 12.1 Å². The Bertz CT molecular complexity index is 871. The van der Waals surface area contributed by atoms with Gasteiger partial charge >= 0.3 is 5.97 Å². The highest BCUT2D eigenvalue weighted by molar-refractivity contribution is 7.91. The number of phenols is 1. The highest BCUT2D eigenvalue weighted by Gasteiger charge is 2.20. The summed E-state index contributed by atoms with van der Waals surface area (Å²) < 4.78 is 34.8. The molecule has 2 N–H and O–H groups in total. The third-order valence-electron chi connectivity index (χ3n) is 3.52. The molecular formula is C17H18O7S. The zero-order valence-electron chi connectivity index (χ0n) is 13.7. The number of sulfone groups is 1.